The van der Waals surface area contributed by atoms with Crippen molar-refractivity contribution in [2.24, 2.45) is 0 Å². The van der Waals surface area contributed by atoms with Crippen LogP contribution in [0, 0.1) is 18.3 Å². The van der Waals surface area contributed by atoms with Gasteiger partial charge in [0.1, 0.15) is 5.82 Å². The zero-order valence-corrected chi connectivity index (χ0v) is 13.4. The maximum atomic E-state index is 12.4. The molecule has 3 aromatic heterocycles. The van der Waals surface area contributed by atoms with Crippen LogP contribution in [0.25, 0.3) is 21.7 Å². The Kier molecular flexibility index (Phi) is 3.40. The van der Waals surface area contributed by atoms with Crippen molar-refractivity contribution in [3.63, 3.8) is 0 Å². The number of anilines is 2. The number of fused-ring (bicyclic) bond motifs is 3. The molecule has 4 rings (SSSR count). The summed E-state index contributed by atoms with van der Waals surface area (Å²) in [5.41, 5.74) is 2.80. The molecule has 0 amide bonds. The fourth-order valence-electron chi connectivity index (χ4n) is 2.85. The molecule has 4 aromatic rings. The highest BCUT2D eigenvalue weighted by Crippen LogP contribution is 2.29. The van der Waals surface area contributed by atoms with Gasteiger partial charge in [-0.05, 0) is 36.8 Å². The molecule has 25 heavy (non-hydrogen) atoms. The highest BCUT2D eigenvalue weighted by Gasteiger charge is 2.12. The number of nitrogens with zero attached hydrogens (tertiary/aromatic N) is 3. The number of aromatic nitrogens is 3. The summed E-state index contributed by atoms with van der Waals surface area (Å²) in [5, 5.41) is 14.3. The number of H-pyrrole nitrogens is 1. The van der Waals surface area contributed by atoms with Crippen molar-refractivity contribution in [2.75, 3.05) is 5.32 Å². The molecule has 0 aliphatic carbocycles. The van der Waals surface area contributed by atoms with E-state index < -0.39 is 0 Å². The van der Waals surface area contributed by atoms with E-state index in [1.807, 2.05) is 19.1 Å². The van der Waals surface area contributed by atoms with Crippen LogP contribution < -0.4 is 10.9 Å². The Labute approximate surface area is 142 Å². The highest BCUT2D eigenvalue weighted by atomic mass is 16.1. The molecule has 0 bridgehead atoms. The number of aromatic amines is 1. The van der Waals surface area contributed by atoms with Gasteiger partial charge < -0.3 is 10.3 Å². The zero-order valence-electron chi connectivity index (χ0n) is 13.4. The third-order valence-corrected chi connectivity index (χ3v) is 4.14. The van der Waals surface area contributed by atoms with E-state index in [0.29, 0.717) is 33.1 Å². The number of hydrogen-bond donors (Lipinski definition) is 2. The van der Waals surface area contributed by atoms with Gasteiger partial charge in [0.2, 0.25) is 0 Å². The molecule has 0 atom stereocenters. The van der Waals surface area contributed by atoms with Crippen LogP contribution in [-0.4, -0.2) is 15.0 Å². The lowest BCUT2D eigenvalue weighted by Gasteiger charge is -2.13. The zero-order chi connectivity index (χ0) is 17.4. The maximum Gasteiger partial charge on any atom is 0.256 e. The molecule has 0 unspecified atom stereocenters. The molecular formula is C19H13N5O. The summed E-state index contributed by atoms with van der Waals surface area (Å²) in [5.74, 6) is 0.568. The number of pyridine rings is 3. The number of hydrogen-bond acceptors (Lipinski definition) is 5. The van der Waals surface area contributed by atoms with Crippen LogP contribution in [0.3, 0.4) is 0 Å². The first-order valence-corrected chi connectivity index (χ1v) is 7.70. The molecule has 0 saturated carbocycles. The third kappa shape index (κ3) is 2.48. The summed E-state index contributed by atoms with van der Waals surface area (Å²) in [7, 11) is 0. The van der Waals surface area contributed by atoms with Gasteiger partial charge in [-0.2, -0.15) is 5.26 Å². The first kappa shape index (κ1) is 14.8. The van der Waals surface area contributed by atoms with Gasteiger partial charge in [-0.25, -0.2) is 4.98 Å². The average molecular weight is 327 g/mol. The minimum atomic E-state index is -0.191. The Balaban J connectivity index is 2.00. The molecule has 0 fully saturated rings. The molecule has 120 valence electrons. The van der Waals surface area contributed by atoms with E-state index in [1.54, 1.807) is 36.8 Å². The van der Waals surface area contributed by atoms with Crippen LogP contribution in [0.15, 0.2) is 53.7 Å². The van der Waals surface area contributed by atoms with E-state index >= 15 is 0 Å². The first-order valence-electron chi connectivity index (χ1n) is 7.70. The number of benzene rings is 1. The lowest BCUT2D eigenvalue weighted by atomic mass is 10.1. The number of nitriles is 1. The van der Waals surface area contributed by atoms with Crippen LogP contribution in [0.1, 0.15) is 11.1 Å². The summed E-state index contributed by atoms with van der Waals surface area (Å²) >= 11 is 0. The van der Waals surface area contributed by atoms with Gasteiger partial charge in [0.15, 0.2) is 0 Å². The van der Waals surface area contributed by atoms with Crippen LogP contribution in [-0.2, 0) is 0 Å². The van der Waals surface area contributed by atoms with E-state index in [2.05, 4.69) is 26.3 Å². The molecule has 6 heteroatoms. The molecule has 2 N–H and O–H groups in total. The molecule has 1 aromatic carbocycles. The summed E-state index contributed by atoms with van der Waals surface area (Å²) in [6.07, 6.45) is 4.88. The van der Waals surface area contributed by atoms with E-state index in [0.717, 1.165) is 11.3 Å². The van der Waals surface area contributed by atoms with Gasteiger partial charge in [-0.15, -0.1) is 0 Å². The Morgan fingerprint density at radius 3 is 2.92 bits per heavy atom. The van der Waals surface area contributed by atoms with Crippen molar-refractivity contribution in [1.82, 2.24) is 15.0 Å². The Morgan fingerprint density at radius 2 is 2.08 bits per heavy atom. The fourth-order valence-corrected chi connectivity index (χ4v) is 2.85. The Hall–Kier alpha value is -3.72. The van der Waals surface area contributed by atoms with Crippen LogP contribution in [0.5, 0.6) is 0 Å². The quantitative estimate of drug-likeness (QED) is 0.550. The monoisotopic (exact) mass is 327 g/mol. The predicted molar refractivity (Wildman–Crippen MR) is 96.8 cm³/mol. The third-order valence-electron chi connectivity index (χ3n) is 4.14. The molecule has 6 nitrogen and oxygen atoms in total. The van der Waals surface area contributed by atoms with E-state index in [4.69, 9.17) is 5.26 Å². The molecular weight excluding hydrogens is 314 g/mol. The lowest BCUT2D eigenvalue weighted by Crippen LogP contribution is -2.08. The summed E-state index contributed by atoms with van der Waals surface area (Å²) < 4.78 is 0. The van der Waals surface area contributed by atoms with Gasteiger partial charge in [0.25, 0.3) is 5.56 Å². The molecule has 0 saturated heterocycles. The molecule has 0 aliphatic rings. The van der Waals surface area contributed by atoms with Gasteiger partial charge in [0.05, 0.1) is 22.5 Å². The molecule has 0 aliphatic heterocycles. The second-order valence-electron chi connectivity index (χ2n) is 5.72. The first-order chi connectivity index (χ1) is 12.2. The van der Waals surface area contributed by atoms with Crippen molar-refractivity contribution in [3.05, 3.63) is 70.4 Å². The number of rotatable bonds is 2. The van der Waals surface area contributed by atoms with Gasteiger partial charge in [0, 0.05) is 35.1 Å². The Morgan fingerprint density at radius 1 is 1.20 bits per heavy atom. The lowest BCUT2D eigenvalue weighted by molar-refractivity contribution is 1.26. The number of aryl methyl sites for hydroxylation is 1. The molecule has 3 heterocycles. The minimum Gasteiger partial charge on any atom is -0.339 e. The average Bonchev–Trinajstić information content (AvgIpc) is 2.63. The number of nitrogens with one attached hydrogen (secondary N) is 2. The van der Waals surface area contributed by atoms with E-state index in [9.17, 15) is 4.79 Å². The van der Waals surface area contributed by atoms with Crippen molar-refractivity contribution < 1.29 is 0 Å². The smallest absolute Gasteiger partial charge is 0.256 e. The largest absolute Gasteiger partial charge is 0.339 e. The molecule has 0 spiro atoms. The van der Waals surface area contributed by atoms with Crippen molar-refractivity contribution in [3.8, 4) is 6.07 Å². The Bertz CT molecular complexity index is 1220. The van der Waals surface area contributed by atoms with Crippen molar-refractivity contribution in [1.29, 1.82) is 5.26 Å². The van der Waals surface area contributed by atoms with E-state index in [1.165, 1.54) is 0 Å². The summed E-state index contributed by atoms with van der Waals surface area (Å²) in [4.78, 5) is 23.8. The molecule has 0 radical (unpaired) electrons. The van der Waals surface area contributed by atoms with E-state index in [-0.39, 0.29) is 5.56 Å². The summed E-state index contributed by atoms with van der Waals surface area (Å²) in [6.45, 7) is 1.95. The van der Waals surface area contributed by atoms with Crippen molar-refractivity contribution in [2.45, 2.75) is 6.92 Å². The predicted octanol–water partition coefficient (Wildman–Crippen LogP) is 3.40. The van der Waals surface area contributed by atoms with Crippen molar-refractivity contribution >= 4 is 33.2 Å². The second kappa shape index (κ2) is 5.73. The summed E-state index contributed by atoms with van der Waals surface area (Å²) in [6, 6.07) is 11.1. The van der Waals surface area contributed by atoms with Gasteiger partial charge in [-0.1, -0.05) is 6.07 Å². The fraction of sp³-hybridized carbons (Fsp3) is 0.0526. The standard InChI is InChI=1S/C19H13N5O/c1-11-2-3-12(9-20)8-16(11)24-18-13-4-7-22-19(25)17(13)14-10-21-6-5-15(14)23-18/h2-8,10H,1H3,(H,22,25)(H,23,24). The van der Waals surface area contributed by atoms with Crippen LogP contribution >= 0.6 is 0 Å². The SMILES string of the molecule is Cc1ccc(C#N)cc1Nc1nc2ccncc2c2c(=O)[nH]ccc12. The van der Waals surface area contributed by atoms with Crippen LogP contribution in [0.4, 0.5) is 11.5 Å². The van der Waals surface area contributed by atoms with Gasteiger partial charge in [-0.3, -0.25) is 9.78 Å². The topological polar surface area (TPSA) is 94.5 Å². The maximum absolute atomic E-state index is 12.4. The second-order valence-corrected chi connectivity index (χ2v) is 5.72. The highest BCUT2D eigenvalue weighted by molar-refractivity contribution is 6.09. The van der Waals surface area contributed by atoms with Crippen LogP contribution in [0.2, 0.25) is 0 Å². The minimum absolute atomic E-state index is 0.191. The van der Waals surface area contributed by atoms with Gasteiger partial charge >= 0.3 is 0 Å². The normalized spacial score (nSPS) is 10.7.